The highest BCUT2D eigenvalue weighted by Crippen LogP contribution is 2.46. The number of methoxy groups -OCH3 is 1. The monoisotopic (exact) mass is 608 g/mol. The molecule has 1 N–H and O–H groups in total. The number of para-hydroxylation sites is 1. The highest BCUT2D eigenvalue weighted by molar-refractivity contribution is 7.89. The number of hydrogen-bond donors (Lipinski definition) is 1. The van der Waals surface area contributed by atoms with Crippen molar-refractivity contribution >= 4 is 27.4 Å². The molecule has 0 radical (unpaired) electrons. The van der Waals surface area contributed by atoms with Crippen molar-refractivity contribution < 1.29 is 32.2 Å². The third kappa shape index (κ3) is 5.63. The summed E-state index contributed by atoms with van der Waals surface area (Å²) in [4.78, 5) is 14.0. The van der Waals surface area contributed by atoms with Gasteiger partial charge in [-0.25, -0.2) is 17.6 Å². The van der Waals surface area contributed by atoms with E-state index in [9.17, 15) is 22.7 Å². The van der Waals surface area contributed by atoms with Gasteiger partial charge in [0, 0.05) is 56.9 Å². The van der Waals surface area contributed by atoms with Crippen LogP contribution in [0.5, 0.6) is 5.75 Å². The number of carbonyl (C=O) groups is 1. The Morgan fingerprint density at radius 2 is 1.70 bits per heavy atom. The first kappa shape index (κ1) is 29.6. The second kappa shape index (κ2) is 11.9. The van der Waals surface area contributed by atoms with E-state index in [4.69, 9.17) is 9.47 Å². The maximum atomic E-state index is 14.4. The molecule has 0 spiro atoms. The zero-order valence-electron chi connectivity index (χ0n) is 24.4. The molecule has 6 rings (SSSR count). The van der Waals surface area contributed by atoms with Crippen LogP contribution in [0.2, 0.25) is 0 Å². The summed E-state index contributed by atoms with van der Waals surface area (Å²) in [5.41, 5.74) is 1.62. The molecule has 1 aliphatic heterocycles. The Kier molecular flexibility index (Phi) is 8.19. The lowest BCUT2D eigenvalue weighted by Gasteiger charge is -2.37. The fourth-order valence-electron chi connectivity index (χ4n) is 6.68. The molecule has 1 atom stereocenters. The van der Waals surface area contributed by atoms with E-state index in [0.29, 0.717) is 42.0 Å². The van der Waals surface area contributed by atoms with Gasteiger partial charge in [-0.2, -0.15) is 4.31 Å². The van der Waals surface area contributed by atoms with Gasteiger partial charge in [-0.05, 0) is 54.7 Å². The Labute approximate surface area is 252 Å². The Balaban J connectivity index is 1.55. The SMILES string of the molecule is COC1CC(Oc2cc3c(cc2-c2ccc(F)c(C(=O)O)c2)S(=O)(=O)N(C)[C@H](C2CCCCC2)CN3c2ccccc2)C1. The van der Waals surface area contributed by atoms with Crippen molar-refractivity contribution in [2.75, 3.05) is 25.6 Å². The molecular weight excluding hydrogens is 571 g/mol. The van der Waals surface area contributed by atoms with E-state index < -0.39 is 27.4 Å². The Morgan fingerprint density at radius 3 is 2.37 bits per heavy atom. The van der Waals surface area contributed by atoms with Crippen molar-refractivity contribution in [1.29, 1.82) is 0 Å². The normalized spacial score (nSPS) is 24.1. The summed E-state index contributed by atoms with van der Waals surface area (Å²) in [6.07, 6.45) is 6.52. The van der Waals surface area contributed by atoms with Crippen molar-refractivity contribution in [3.05, 3.63) is 72.0 Å². The molecule has 2 fully saturated rings. The summed E-state index contributed by atoms with van der Waals surface area (Å²) in [5, 5.41) is 9.62. The number of hydrogen-bond acceptors (Lipinski definition) is 6. The van der Waals surface area contributed by atoms with Crippen LogP contribution in [-0.2, 0) is 14.8 Å². The van der Waals surface area contributed by atoms with Gasteiger partial charge in [0.25, 0.3) is 0 Å². The molecule has 1 heterocycles. The molecule has 0 unspecified atom stereocenters. The van der Waals surface area contributed by atoms with Gasteiger partial charge in [0.1, 0.15) is 22.6 Å². The molecule has 0 saturated heterocycles. The first-order chi connectivity index (χ1) is 20.7. The van der Waals surface area contributed by atoms with Gasteiger partial charge in [0.2, 0.25) is 10.0 Å². The smallest absolute Gasteiger partial charge is 0.338 e. The van der Waals surface area contributed by atoms with Crippen LogP contribution in [-0.4, -0.2) is 62.8 Å². The van der Waals surface area contributed by atoms with Crippen molar-refractivity contribution in [1.82, 2.24) is 4.31 Å². The number of halogens is 1. The van der Waals surface area contributed by atoms with Gasteiger partial charge in [-0.1, -0.05) is 43.5 Å². The zero-order valence-corrected chi connectivity index (χ0v) is 25.2. The number of rotatable bonds is 7. The number of benzene rings is 3. The van der Waals surface area contributed by atoms with Gasteiger partial charge in [-0.3, -0.25) is 0 Å². The lowest BCUT2D eigenvalue weighted by Crippen LogP contribution is -2.46. The second-order valence-electron chi connectivity index (χ2n) is 11.8. The third-order valence-electron chi connectivity index (χ3n) is 9.29. The number of fused-ring (bicyclic) bond motifs is 1. The van der Waals surface area contributed by atoms with Gasteiger partial charge >= 0.3 is 5.97 Å². The molecule has 2 saturated carbocycles. The van der Waals surface area contributed by atoms with Gasteiger partial charge in [-0.15, -0.1) is 0 Å². The Hall–Kier alpha value is -3.47. The summed E-state index contributed by atoms with van der Waals surface area (Å²) >= 11 is 0. The lowest BCUT2D eigenvalue weighted by atomic mass is 9.83. The van der Waals surface area contributed by atoms with Crippen LogP contribution in [0.25, 0.3) is 11.1 Å². The highest BCUT2D eigenvalue weighted by atomic mass is 32.2. The van der Waals surface area contributed by atoms with Gasteiger partial charge in [0.05, 0.1) is 17.4 Å². The number of anilines is 2. The summed E-state index contributed by atoms with van der Waals surface area (Å²) in [7, 11) is -0.667. The first-order valence-electron chi connectivity index (χ1n) is 14.9. The van der Waals surface area contributed by atoms with Crippen LogP contribution < -0.4 is 9.64 Å². The Bertz CT molecular complexity index is 1600. The van der Waals surface area contributed by atoms with E-state index in [1.165, 1.54) is 16.4 Å². The molecule has 43 heavy (non-hydrogen) atoms. The van der Waals surface area contributed by atoms with Crippen LogP contribution in [0.3, 0.4) is 0 Å². The van der Waals surface area contributed by atoms with E-state index >= 15 is 0 Å². The van der Waals surface area contributed by atoms with Gasteiger partial charge in [0.15, 0.2) is 0 Å². The molecule has 3 aromatic rings. The minimum atomic E-state index is -3.99. The quantitative estimate of drug-likeness (QED) is 0.329. The van der Waals surface area contributed by atoms with E-state index in [1.807, 2.05) is 30.3 Å². The molecule has 0 bridgehead atoms. The zero-order chi connectivity index (χ0) is 30.3. The van der Waals surface area contributed by atoms with E-state index in [1.54, 1.807) is 26.3 Å². The standard InChI is InChI=1S/C33H37FN2O6S/c1-35-30(21-9-5-3-6-10-21)20-36(23-11-7-4-8-12-23)29-19-31(42-25-16-24(17-25)41-2)26(18-32(29)43(35,39)40)22-13-14-28(34)27(15-22)33(37)38/h4,7-8,11-15,18-19,21,24-25,30H,3,5-6,9-10,16-17,20H2,1-2H3,(H,37,38)/t24?,25?,30-/m0/s1. The van der Waals surface area contributed by atoms with Crippen molar-refractivity contribution in [2.24, 2.45) is 5.92 Å². The van der Waals surface area contributed by atoms with Crippen LogP contribution in [0.4, 0.5) is 15.8 Å². The van der Waals surface area contributed by atoms with E-state index in [-0.39, 0.29) is 29.1 Å². The molecular formula is C33H37FN2O6S. The number of carboxylic acid groups (broad SMARTS) is 1. The molecule has 2 aliphatic carbocycles. The molecule has 8 nitrogen and oxygen atoms in total. The molecule has 3 aromatic carbocycles. The summed E-state index contributed by atoms with van der Waals surface area (Å²) in [5.74, 6) is -1.64. The predicted octanol–water partition coefficient (Wildman–Crippen LogP) is 6.47. The molecule has 228 valence electrons. The Morgan fingerprint density at radius 1 is 0.977 bits per heavy atom. The molecule has 0 aromatic heterocycles. The van der Waals surface area contributed by atoms with Crippen LogP contribution in [0.15, 0.2) is 65.6 Å². The minimum absolute atomic E-state index is 0.0739. The van der Waals surface area contributed by atoms with E-state index in [0.717, 1.165) is 43.9 Å². The van der Waals surface area contributed by atoms with Crippen molar-refractivity contribution in [2.45, 2.75) is 68.1 Å². The summed E-state index contributed by atoms with van der Waals surface area (Å²) in [6, 6.07) is 16.6. The average Bonchev–Trinajstić information content (AvgIpc) is 3.07. The third-order valence-corrected chi connectivity index (χ3v) is 11.2. The number of sulfonamides is 1. The summed E-state index contributed by atoms with van der Waals surface area (Å²) < 4.78 is 56.7. The largest absolute Gasteiger partial charge is 0.489 e. The average molecular weight is 609 g/mol. The fraction of sp³-hybridized carbons (Fsp3) is 0.424. The maximum absolute atomic E-state index is 14.4. The van der Waals surface area contributed by atoms with Gasteiger partial charge < -0.3 is 19.5 Å². The highest BCUT2D eigenvalue weighted by Gasteiger charge is 2.42. The topological polar surface area (TPSA) is 96.4 Å². The van der Waals surface area contributed by atoms with Crippen LogP contribution in [0.1, 0.15) is 55.3 Å². The number of carboxylic acids is 1. The first-order valence-corrected chi connectivity index (χ1v) is 16.3. The lowest BCUT2D eigenvalue weighted by molar-refractivity contribution is -0.0379. The fourth-order valence-corrected chi connectivity index (χ4v) is 8.29. The number of aromatic carboxylic acids is 1. The number of ether oxygens (including phenoxy) is 2. The summed E-state index contributed by atoms with van der Waals surface area (Å²) in [6.45, 7) is 0.477. The molecule has 10 heteroatoms. The number of nitrogens with zero attached hydrogens (tertiary/aromatic N) is 2. The minimum Gasteiger partial charge on any atom is -0.489 e. The van der Waals surface area contributed by atoms with E-state index in [2.05, 4.69) is 4.90 Å². The van der Waals surface area contributed by atoms with Crippen LogP contribution in [0, 0.1) is 11.7 Å². The maximum Gasteiger partial charge on any atom is 0.338 e. The van der Waals surface area contributed by atoms with Crippen LogP contribution >= 0.6 is 0 Å². The second-order valence-corrected chi connectivity index (χ2v) is 13.8. The number of likely N-dealkylation sites (N-methyl/N-ethyl adjacent to an activating group) is 1. The predicted molar refractivity (Wildman–Crippen MR) is 162 cm³/mol. The molecule has 3 aliphatic rings. The van der Waals surface area contributed by atoms with Crippen molar-refractivity contribution in [3.8, 4) is 16.9 Å². The molecule has 0 amide bonds. The van der Waals surface area contributed by atoms with Crippen molar-refractivity contribution in [3.63, 3.8) is 0 Å².